The van der Waals surface area contributed by atoms with E-state index in [1.165, 1.54) is 43.3 Å². The summed E-state index contributed by atoms with van der Waals surface area (Å²) in [6.07, 6.45) is 0. The average molecular weight is 431 g/mol. The van der Waals surface area contributed by atoms with E-state index in [0.717, 1.165) is 0 Å². The Morgan fingerprint density at radius 3 is 2.11 bits per heavy atom. The molecule has 146 valence electrons. The maximum absolute atomic E-state index is 12.4. The van der Waals surface area contributed by atoms with Crippen molar-refractivity contribution in [3.63, 3.8) is 0 Å². The summed E-state index contributed by atoms with van der Waals surface area (Å²) in [6, 6.07) is 11.5. The predicted octanol–water partition coefficient (Wildman–Crippen LogP) is 2.31. The molecule has 0 fully saturated rings. The van der Waals surface area contributed by atoms with E-state index in [4.69, 9.17) is 11.6 Å². The first-order valence-corrected chi connectivity index (χ1v) is 11.7. The quantitative estimate of drug-likeness (QED) is 0.667. The molecule has 2 aromatic rings. The molecule has 1 amide bonds. The Balaban J connectivity index is 2.03. The standard InChI is InChI=1S/C17H19ClN2O5S2/c1-2-26(22,23)12-11-19-17(21)13-3-9-16(10-4-13)27(24,25)20-15-7-5-14(18)6-8-15/h3-10,20H,2,11-12H2,1H3,(H,19,21). The number of anilines is 1. The van der Waals surface area contributed by atoms with Gasteiger partial charge < -0.3 is 5.32 Å². The SMILES string of the molecule is CCS(=O)(=O)CCNC(=O)c1ccc(S(=O)(=O)Nc2ccc(Cl)cc2)cc1. The van der Waals surface area contributed by atoms with E-state index in [-0.39, 0.29) is 28.5 Å². The molecule has 0 atom stereocenters. The fourth-order valence-electron chi connectivity index (χ4n) is 2.08. The highest BCUT2D eigenvalue weighted by Gasteiger charge is 2.15. The fraction of sp³-hybridized carbons (Fsp3) is 0.235. The minimum atomic E-state index is -3.81. The normalized spacial score (nSPS) is 11.8. The Labute approximate surface area is 163 Å². The molecule has 0 aliphatic heterocycles. The highest BCUT2D eigenvalue weighted by molar-refractivity contribution is 7.92. The van der Waals surface area contributed by atoms with E-state index >= 15 is 0 Å². The maximum Gasteiger partial charge on any atom is 0.261 e. The van der Waals surface area contributed by atoms with Crippen molar-refractivity contribution in [1.82, 2.24) is 5.32 Å². The van der Waals surface area contributed by atoms with Gasteiger partial charge in [-0.15, -0.1) is 0 Å². The third-order valence-corrected chi connectivity index (χ3v) is 7.02. The number of benzene rings is 2. The highest BCUT2D eigenvalue weighted by Crippen LogP contribution is 2.18. The first kappa shape index (κ1) is 21.2. The van der Waals surface area contributed by atoms with E-state index < -0.39 is 25.8 Å². The van der Waals surface area contributed by atoms with Gasteiger partial charge in [0.25, 0.3) is 15.9 Å². The van der Waals surface area contributed by atoms with Gasteiger partial charge in [0.05, 0.1) is 10.6 Å². The van der Waals surface area contributed by atoms with Crippen molar-refractivity contribution in [1.29, 1.82) is 0 Å². The van der Waals surface area contributed by atoms with Crippen LogP contribution < -0.4 is 10.0 Å². The molecular formula is C17H19ClN2O5S2. The Morgan fingerprint density at radius 2 is 1.56 bits per heavy atom. The molecule has 0 aliphatic carbocycles. The molecule has 27 heavy (non-hydrogen) atoms. The van der Waals surface area contributed by atoms with E-state index in [1.807, 2.05) is 0 Å². The second-order valence-electron chi connectivity index (χ2n) is 5.63. The van der Waals surface area contributed by atoms with Crippen LogP contribution in [-0.4, -0.2) is 40.8 Å². The lowest BCUT2D eigenvalue weighted by Gasteiger charge is -2.09. The lowest BCUT2D eigenvalue weighted by atomic mass is 10.2. The largest absolute Gasteiger partial charge is 0.351 e. The van der Waals surface area contributed by atoms with Crippen molar-refractivity contribution in [2.24, 2.45) is 0 Å². The topological polar surface area (TPSA) is 109 Å². The summed E-state index contributed by atoms with van der Waals surface area (Å²) < 4.78 is 50.0. The van der Waals surface area contributed by atoms with Crippen LogP contribution in [0.25, 0.3) is 0 Å². The van der Waals surface area contributed by atoms with Gasteiger partial charge in [0.15, 0.2) is 9.84 Å². The average Bonchev–Trinajstić information content (AvgIpc) is 2.63. The van der Waals surface area contributed by atoms with E-state index in [9.17, 15) is 21.6 Å². The van der Waals surface area contributed by atoms with Crippen LogP contribution in [0.4, 0.5) is 5.69 Å². The van der Waals surface area contributed by atoms with Crippen molar-refractivity contribution >= 4 is 43.1 Å². The van der Waals surface area contributed by atoms with Gasteiger partial charge in [0.1, 0.15) is 0 Å². The number of hydrogen-bond acceptors (Lipinski definition) is 5. The number of sulfone groups is 1. The zero-order valence-electron chi connectivity index (χ0n) is 14.5. The van der Waals surface area contributed by atoms with E-state index in [1.54, 1.807) is 12.1 Å². The van der Waals surface area contributed by atoms with Crippen LogP contribution in [0.1, 0.15) is 17.3 Å². The number of sulfonamides is 1. The van der Waals surface area contributed by atoms with Gasteiger partial charge in [-0.05, 0) is 48.5 Å². The van der Waals surface area contributed by atoms with Crippen molar-refractivity contribution in [2.45, 2.75) is 11.8 Å². The molecule has 0 radical (unpaired) electrons. The minimum Gasteiger partial charge on any atom is -0.351 e. The Bertz CT molecular complexity index is 1000. The van der Waals surface area contributed by atoms with Crippen LogP contribution in [0.15, 0.2) is 53.4 Å². The monoisotopic (exact) mass is 430 g/mol. The van der Waals surface area contributed by atoms with Crippen LogP contribution >= 0.6 is 11.6 Å². The zero-order valence-corrected chi connectivity index (χ0v) is 16.9. The number of carbonyl (C=O) groups is 1. The molecule has 0 heterocycles. The van der Waals surface area contributed by atoms with Crippen LogP contribution in [0.2, 0.25) is 5.02 Å². The lowest BCUT2D eigenvalue weighted by molar-refractivity contribution is 0.0956. The molecule has 0 bridgehead atoms. The molecule has 0 aliphatic rings. The molecular weight excluding hydrogens is 412 g/mol. The molecule has 7 nitrogen and oxygen atoms in total. The number of hydrogen-bond donors (Lipinski definition) is 2. The summed E-state index contributed by atoms with van der Waals surface area (Å²) in [5.41, 5.74) is 0.590. The van der Waals surface area contributed by atoms with E-state index in [0.29, 0.717) is 10.7 Å². The third kappa shape index (κ3) is 6.23. The van der Waals surface area contributed by atoms with Crippen LogP contribution in [0.5, 0.6) is 0 Å². The Kier molecular flexibility index (Phi) is 6.85. The molecule has 2 rings (SSSR count). The summed E-state index contributed by atoms with van der Waals surface area (Å²) >= 11 is 5.77. The van der Waals surface area contributed by atoms with Gasteiger partial charge in [-0.1, -0.05) is 18.5 Å². The van der Waals surface area contributed by atoms with Crippen molar-refractivity contribution in [2.75, 3.05) is 22.8 Å². The number of halogens is 1. The van der Waals surface area contributed by atoms with Crippen LogP contribution in [0.3, 0.4) is 0 Å². The molecule has 2 aromatic carbocycles. The number of carbonyl (C=O) groups excluding carboxylic acids is 1. The Morgan fingerprint density at radius 1 is 0.963 bits per heavy atom. The van der Waals surface area contributed by atoms with Gasteiger partial charge in [-0.2, -0.15) is 0 Å². The molecule has 2 N–H and O–H groups in total. The molecule has 0 aromatic heterocycles. The lowest BCUT2D eigenvalue weighted by Crippen LogP contribution is -2.29. The van der Waals surface area contributed by atoms with Gasteiger partial charge in [-0.3, -0.25) is 9.52 Å². The summed E-state index contributed by atoms with van der Waals surface area (Å²) in [5.74, 6) is -0.612. The molecule has 0 saturated carbocycles. The van der Waals surface area contributed by atoms with E-state index in [2.05, 4.69) is 10.0 Å². The van der Waals surface area contributed by atoms with Gasteiger partial charge in [0.2, 0.25) is 0 Å². The van der Waals surface area contributed by atoms with Crippen LogP contribution in [-0.2, 0) is 19.9 Å². The molecule has 10 heteroatoms. The summed E-state index contributed by atoms with van der Waals surface area (Å²) in [7, 11) is -6.98. The smallest absolute Gasteiger partial charge is 0.261 e. The molecule has 0 unspecified atom stereocenters. The van der Waals surface area contributed by atoms with Gasteiger partial charge in [-0.25, -0.2) is 16.8 Å². The van der Waals surface area contributed by atoms with Crippen LogP contribution in [0, 0.1) is 0 Å². The molecule has 0 saturated heterocycles. The highest BCUT2D eigenvalue weighted by atomic mass is 35.5. The van der Waals surface area contributed by atoms with Gasteiger partial charge >= 0.3 is 0 Å². The number of rotatable bonds is 8. The summed E-state index contributed by atoms with van der Waals surface area (Å²) in [4.78, 5) is 12.0. The molecule has 0 spiro atoms. The third-order valence-electron chi connectivity index (χ3n) is 3.66. The minimum absolute atomic E-state index is 0.00677. The summed E-state index contributed by atoms with van der Waals surface area (Å²) in [6.45, 7) is 1.53. The van der Waals surface area contributed by atoms with Crippen molar-refractivity contribution < 1.29 is 21.6 Å². The first-order valence-electron chi connectivity index (χ1n) is 8.00. The van der Waals surface area contributed by atoms with Crippen molar-refractivity contribution in [3.05, 3.63) is 59.1 Å². The number of amides is 1. The zero-order chi connectivity index (χ0) is 20.1. The van der Waals surface area contributed by atoms with Crippen molar-refractivity contribution in [3.8, 4) is 0 Å². The van der Waals surface area contributed by atoms with Gasteiger partial charge in [0, 0.05) is 28.6 Å². The number of nitrogens with one attached hydrogen (secondary N) is 2. The second-order valence-corrected chi connectivity index (χ2v) is 10.2. The second kappa shape index (κ2) is 8.73. The Hall–Kier alpha value is -2.10. The summed E-state index contributed by atoms with van der Waals surface area (Å²) in [5, 5.41) is 2.98. The predicted molar refractivity (Wildman–Crippen MR) is 105 cm³/mol. The fourth-order valence-corrected chi connectivity index (χ4v) is 3.97. The first-order chi connectivity index (χ1) is 12.6. The maximum atomic E-state index is 12.4.